The van der Waals surface area contributed by atoms with Gasteiger partial charge in [0.1, 0.15) is 0 Å². The summed E-state index contributed by atoms with van der Waals surface area (Å²) in [6.07, 6.45) is 0.208. The summed E-state index contributed by atoms with van der Waals surface area (Å²) in [6, 6.07) is 10.7. The molecular formula is C20H21Cl2N3O4S. The Kier molecular flexibility index (Phi) is 6.90. The van der Waals surface area contributed by atoms with E-state index in [1.54, 1.807) is 34.1 Å². The van der Waals surface area contributed by atoms with Crippen LogP contribution in [-0.2, 0) is 26.0 Å². The lowest BCUT2D eigenvalue weighted by Gasteiger charge is -2.34. The lowest BCUT2D eigenvalue weighted by molar-refractivity contribution is -0.138. The number of benzene rings is 2. The van der Waals surface area contributed by atoms with E-state index in [0.717, 1.165) is 5.56 Å². The van der Waals surface area contributed by atoms with Crippen molar-refractivity contribution >= 4 is 50.7 Å². The molecule has 3 rings (SSSR count). The van der Waals surface area contributed by atoms with Crippen molar-refractivity contribution < 1.29 is 18.0 Å². The van der Waals surface area contributed by atoms with E-state index in [0.29, 0.717) is 31.9 Å². The molecular weight excluding hydrogens is 449 g/mol. The molecule has 0 bridgehead atoms. The van der Waals surface area contributed by atoms with Gasteiger partial charge in [-0.15, -0.1) is 0 Å². The number of rotatable bonds is 5. The summed E-state index contributed by atoms with van der Waals surface area (Å²) in [5.41, 5.74) is 1.14. The molecule has 0 unspecified atom stereocenters. The maximum absolute atomic E-state index is 12.5. The highest BCUT2D eigenvalue weighted by atomic mass is 35.5. The van der Waals surface area contributed by atoms with Crippen LogP contribution < -0.4 is 4.72 Å². The van der Waals surface area contributed by atoms with Gasteiger partial charge in [0, 0.05) is 38.8 Å². The summed E-state index contributed by atoms with van der Waals surface area (Å²) in [7, 11) is -3.82. The molecule has 0 spiro atoms. The Morgan fingerprint density at radius 3 is 2.10 bits per heavy atom. The molecule has 0 atom stereocenters. The van der Waals surface area contributed by atoms with Crippen molar-refractivity contribution in [1.82, 2.24) is 9.80 Å². The van der Waals surface area contributed by atoms with Crippen molar-refractivity contribution in [3.8, 4) is 0 Å². The zero-order chi connectivity index (χ0) is 21.9. The van der Waals surface area contributed by atoms with E-state index < -0.39 is 10.0 Å². The van der Waals surface area contributed by atoms with Gasteiger partial charge in [-0.25, -0.2) is 8.42 Å². The quantitative estimate of drug-likeness (QED) is 0.728. The van der Waals surface area contributed by atoms with Crippen LogP contribution in [0.5, 0.6) is 0 Å². The van der Waals surface area contributed by atoms with Gasteiger partial charge in [-0.05, 0) is 35.9 Å². The number of nitrogens with zero attached hydrogens (tertiary/aromatic N) is 2. The number of anilines is 1. The molecule has 1 saturated heterocycles. The molecule has 2 aromatic carbocycles. The van der Waals surface area contributed by atoms with E-state index in [9.17, 15) is 18.0 Å². The second-order valence-electron chi connectivity index (χ2n) is 6.94. The van der Waals surface area contributed by atoms with Gasteiger partial charge in [-0.1, -0.05) is 35.3 Å². The molecule has 0 saturated carbocycles. The lowest BCUT2D eigenvalue weighted by atomic mass is 10.1. The Hall–Kier alpha value is -2.29. The van der Waals surface area contributed by atoms with Crippen molar-refractivity contribution in [2.24, 2.45) is 0 Å². The van der Waals surface area contributed by atoms with Crippen molar-refractivity contribution in [3.05, 3.63) is 58.1 Å². The first-order chi connectivity index (χ1) is 14.2. The molecule has 2 aromatic rings. The fourth-order valence-corrected chi connectivity index (χ4v) is 4.55. The van der Waals surface area contributed by atoms with Gasteiger partial charge < -0.3 is 9.80 Å². The van der Waals surface area contributed by atoms with E-state index in [-0.39, 0.29) is 33.2 Å². The Balaban J connectivity index is 1.60. The third-order valence-corrected chi connectivity index (χ3v) is 6.96. The molecule has 0 radical (unpaired) electrons. The normalized spacial score (nSPS) is 14.5. The molecule has 1 aliphatic heterocycles. The second-order valence-corrected chi connectivity index (χ2v) is 9.44. The van der Waals surface area contributed by atoms with Gasteiger partial charge in [0.25, 0.3) is 10.0 Å². The van der Waals surface area contributed by atoms with Gasteiger partial charge in [-0.3, -0.25) is 14.3 Å². The Labute approximate surface area is 185 Å². The highest BCUT2D eigenvalue weighted by Gasteiger charge is 2.22. The summed E-state index contributed by atoms with van der Waals surface area (Å²) in [5, 5.41) is 0.421. The van der Waals surface area contributed by atoms with Crippen LogP contribution in [0.4, 0.5) is 5.69 Å². The average Bonchev–Trinajstić information content (AvgIpc) is 2.71. The third kappa shape index (κ3) is 5.44. The van der Waals surface area contributed by atoms with Crippen LogP contribution in [0.25, 0.3) is 0 Å². The van der Waals surface area contributed by atoms with Crippen LogP contribution in [0.15, 0.2) is 47.4 Å². The maximum Gasteiger partial charge on any atom is 0.261 e. The highest BCUT2D eigenvalue weighted by molar-refractivity contribution is 7.92. The van der Waals surface area contributed by atoms with E-state index in [1.165, 1.54) is 25.1 Å². The van der Waals surface area contributed by atoms with E-state index >= 15 is 0 Å². The van der Waals surface area contributed by atoms with Gasteiger partial charge in [0.15, 0.2) is 0 Å². The predicted molar refractivity (Wildman–Crippen MR) is 116 cm³/mol. The highest BCUT2D eigenvalue weighted by Crippen LogP contribution is 2.26. The molecule has 1 fully saturated rings. The Morgan fingerprint density at radius 2 is 1.53 bits per heavy atom. The molecule has 0 aromatic heterocycles. The smallest absolute Gasteiger partial charge is 0.261 e. The summed E-state index contributed by atoms with van der Waals surface area (Å²) in [4.78, 5) is 27.3. The number of sulfonamides is 1. The SMILES string of the molecule is CC(=O)N1CCN(C(=O)Cc2ccc(NS(=O)(=O)c3ccc(Cl)c(Cl)c3)cc2)CC1. The molecule has 30 heavy (non-hydrogen) atoms. The molecule has 10 heteroatoms. The number of nitrogens with one attached hydrogen (secondary N) is 1. The molecule has 2 amide bonds. The third-order valence-electron chi connectivity index (χ3n) is 4.84. The first kappa shape index (κ1) is 22.4. The molecule has 1 heterocycles. The largest absolute Gasteiger partial charge is 0.339 e. The first-order valence-electron chi connectivity index (χ1n) is 9.26. The topological polar surface area (TPSA) is 86.8 Å². The summed E-state index contributed by atoms with van der Waals surface area (Å²) in [6.45, 7) is 3.63. The minimum absolute atomic E-state index is 0.000794. The van der Waals surface area contributed by atoms with Crippen LogP contribution in [0.1, 0.15) is 12.5 Å². The van der Waals surface area contributed by atoms with Gasteiger partial charge >= 0.3 is 0 Å². The standard InChI is InChI=1S/C20H21Cl2N3O4S/c1-14(26)24-8-10-25(11-9-24)20(27)12-15-2-4-16(5-3-15)23-30(28,29)17-6-7-18(21)19(22)13-17/h2-7,13,23H,8-12H2,1H3. The lowest BCUT2D eigenvalue weighted by Crippen LogP contribution is -2.50. The van der Waals surface area contributed by atoms with Gasteiger partial charge in [0.05, 0.1) is 21.4 Å². The summed E-state index contributed by atoms with van der Waals surface area (Å²) in [5.74, 6) is -0.0108. The van der Waals surface area contributed by atoms with E-state index in [2.05, 4.69) is 4.72 Å². The van der Waals surface area contributed by atoms with Crippen LogP contribution in [0, 0.1) is 0 Å². The number of carbonyl (C=O) groups is 2. The van der Waals surface area contributed by atoms with Crippen molar-refractivity contribution in [1.29, 1.82) is 0 Å². The maximum atomic E-state index is 12.5. The summed E-state index contributed by atoms with van der Waals surface area (Å²) >= 11 is 11.7. The number of piperazine rings is 1. The number of amides is 2. The Bertz CT molecular complexity index is 1050. The second kappa shape index (κ2) is 9.24. The minimum Gasteiger partial charge on any atom is -0.339 e. The van der Waals surface area contributed by atoms with Gasteiger partial charge in [0.2, 0.25) is 11.8 Å². The van der Waals surface area contributed by atoms with Crippen LogP contribution >= 0.6 is 23.2 Å². The molecule has 7 nitrogen and oxygen atoms in total. The monoisotopic (exact) mass is 469 g/mol. The fraction of sp³-hybridized carbons (Fsp3) is 0.300. The molecule has 160 valence electrons. The number of carbonyl (C=O) groups excluding carboxylic acids is 2. The summed E-state index contributed by atoms with van der Waals surface area (Å²) < 4.78 is 27.5. The zero-order valence-electron chi connectivity index (χ0n) is 16.3. The van der Waals surface area contributed by atoms with Crippen LogP contribution in [0.2, 0.25) is 10.0 Å². The van der Waals surface area contributed by atoms with Crippen molar-refractivity contribution in [2.45, 2.75) is 18.2 Å². The number of hydrogen-bond donors (Lipinski definition) is 1. The molecule has 1 aliphatic rings. The van der Waals surface area contributed by atoms with Crippen LogP contribution in [-0.4, -0.2) is 56.2 Å². The molecule has 1 N–H and O–H groups in total. The predicted octanol–water partition coefficient (Wildman–Crippen LogP) is 3.03. The van der Waals surface area contributed by atoms with E-state index in [4.69, 9.17) is 23.2 Å². The first-order valence-corrected chi connectivity index (χ1v) is 11.5. The van der Waals surface area contributed by atoms with Crippen molar-refractivity contribution in [3.63, 3.8) is 0 Å². The fourth-order valence-electron chi connectivity index (χ4n) is 3.11. The van der Waals surface area contributed by atoms with Gasteiger partial charge in [-0.2, -0.15) is 0 Å². The molecule has 0 aliphatic carbocycles. The number of halogens is 2. The van der Waals surface area contributed by atoms with Crippen molar-refractivity contribution in [2.75, 3.05) is 30.9 Å². The minimum atomic E-state index is -3.82. The number of hydrogen-bond acceptors (Lipinski definition) is 4. The zero-order valence-corrected chi connectivity index (χ0v) is 18.6. The van der Waals surface area contributed by atoms with Crippen LogP contribution in [0.3, 0.4) is 0 Å². The average molecular weight is 470 g/mol. The van der Waals surface area contributed by atoms with E-state index in [1.807, 2.05) is 0 Å². The Morgan fingerprint density at radius 1 is 0.933 bits per heavy atom.